The van der Waals surface area contributed by atoms with Crippen molar-refractivity contribution in [3.8, 4) is 0 Å². The SMILES string of the molecule is CC(CS(C)(=O)=O)N1CCOC(C)(C)C1. The highest BCUT2D eigenvalue weighted by atomic mass is 32.2. The van der Waals surface area contributed by atoms with Gasteiger partial charge in [0, 0.05) is 25.4 Å². The van der Waals surface area contributed by atoms with Crippen LogP contribution in [-0.2, 0) is 14.6 Å². The molecule has 1 rings (SSSR count). The minimum absolute atomic E-state index is 0.0724. The number of rotatable bonds is 3. The maximum Gasteiger partial charge on any atom is 0.148 e. The molecular formula is C10H21NO3S. The van der Waals surface area contributed by atoms with Gasteiger partial charge >= 0.3 is 0 Å². The van der Waals surface area contributed by atoms with Crippen LogP contribution in [0.4, 0.5) is 0 Å². The first kappa shape index (κ1) is 12.9. The fraction of sp³-hybridized carbons (Fsp3) is 1.00. The number of hydrogen-bond donors (Lipinski definition) is 0. The highest BCUT2D eigenvalue weighted by Crippen LogP contribution is 2.18. The average Bonchev–Trinajstić information content (AvgIpc) is 1.99. The number of hydrogen-bond acceptors (Lipinski definition) is 4. The van der Waals surface area contributed by atoms with Crippen LogP contribution in [0.3, 0.4) is 0 Å². The molecule has 1 aliphatic rings. The number of ether oxygens (including phenoxy) is 1. The van der Waals surface area contributed by atoms with Gasteiger partial charge in [0.2, 0.25) is 0 Å². The van der Waals surface area contributed by atoms with Crippen LogP contribution in [0.5, 0.6) is 0 Å². The molecule has 1 saturated heterocycles. The van der Waals surface area contributed by atoms with Crippen molar-refractivity contribution in [3.05, 3.63) is 0 Å². The summed E-state index contributed by atoms with van der Waals surface area (Å²) >= 11 is 0. The van der Waals surface area contributed by atoms with E-state index in [0.29, 0.717) is 6.61 Å². The van der Waals surface area contributed by atoms with Crippen LogP contribution in [0.1, 0.15) is 20.8 Å². The Kier molecular flexibility index (Phi) is 3.79. The maximum atomic E-state index is 11.2. The van der Waals surface area contributed by atoms with Gasteiger partial charge < -0.3 is 4.74 Å². The normalized spacial score (nSPS) is 25.1. The van der Waals surface area contributed by atoms with Crippen molar-refractivity contribution in [2.45, 2.75) is 32.4 Å². The van der Waals surface area contributed by atoms with Crippen molar-refractivity contribution in [2.24, 2.45) is 0 Å². The zero-order chi connectivity index (χ0) is 11.7. The van der Waals surface area contributed by atoms with Crippen LogP contribution in [-0.4, -0.2) is 56.7 Å². The maximum absolute atomic E-state index is 11.2. The van der Waals surface area contributed by atoms with Crippen LogP contribution >= 0.6 is 0 Å². The van der Waals surface area contributed by atoms with Gasteiger partial charge in [0.05, 0.1) is 18.0 Å². The average molecular weight is 235 g/mol. The monoisotopic (exact) mass is 235 g/mol. The molecule has 90 valence electrons. The minimum Gasteiger partial charge on any atom is -0.373 e. The highest BCUT2D eigenvalue weighted by Gasteiger charge is 2.30. The number of nitrogens with zero attached hydrogens (tertiary/aromatic N) is 1. The Balaban J connectivity index is 2.57. The van der Waals surface area contributed by atoms with E-state index in [1.807, 2.05) is 20.8 Å². The van der Waals surface area contributed by atoms with E-state index in [9.17, 15) is 8.42 Å². The van der Waals surface area contributed by atoms with E-state index >= 15 is 0 Å². The first-order chi connectivity index (χ1) is 6.70. The zero-order valence-electron chi connectivity index (χ0n) is 9.99. The lowest BCUT2D eigenvalue weighted by Crippen LogP contribution is -2.52. The van der Waals surface area contributed by atoms with E-state index in [2.05, 4.69) is 4.90 Å². The van der Waals surface area contributed by atoms with Crippen molar-refractivity contribution >= 4 is 9.84 Å². The molecule has 1 unspecified atom stereocenters. The Morgan fingerprint density at radius 1 is 1.47 bits per heavy atom. The van der Waals surface area contributed by atoms with Crippen molar-refractivity contribution in [3.63, 3.8) is 0 Å². The molecule has 15 heavy (non-hydrogen) atoms. The van der Waals surface area contributed by atoms with Gasteiger partial charge in [-0.2, -0.15) is 0 Å². The van der Waals surface area contributed by atoms with Gasteiger partial charge in [-0.15, -0.1) is 0 Å². The summed E-state index contributed by atoms with van der Waals surface area (Å²) in [5.41, 5.74) is -0.163. The fourth-order valence-corrected chi connectivity index (χ4v) is 3.06. The zero-order valence-corrected chi connectivity index (χ0v) is 10.8. The lowest BCUT2D eigenvalue weighted by atomic mass is 10.1. The van der Waals surface area contributed by atoms with Gasteiger partial charge in [-0.05, 0) is 20.8 Å². The molecule has 4 nitrogen and oxygen atoms in total. The lowest BCUT2D eigenvalue weighted by molar-refractivity contribution is -0.0933. The Morgan fingerprint density at radius 3 is 2.53 bits per heavy atom. The smallest absolute Gasteiger partial charge is 0.148 e. The molecule has 1 aliphatic heterocycles. The third-order valence-corrected chi connectivity index (χ3v) is 3.71. The van der Waals surface area contributed by atoms with E-state index in [-0.39, 0.29) is 17.4 Å². The largest absolute Gasteiger partial charge is 0.373 e. The standard InChI is InChI=1S/C10H21NO3S/c1-9(7-15(4,12)13)11-5-6-14-10(2,3)8-11/h9H,5-8H2,1-4H3. The van der Waals surface area contributed by atoms with E-state index in [0.717, 1.165) is 13.1 Å². The van der Waals surface area contributed by atoms with Crippen molar-refractivity contribution in [1.82, 2.24) is 4.90 Å². The third kappa shape index (κ3) is 4.49. The van der Waals surface area contributed by atoms with Gasteiger partial charge in [-0.3, -0.25) is 4.90 Å². The van der Waals surface area contributed by atoms with Crippen LogP contribution < -0.4 is 0 Å². The van der Waals surface area contributed by atoms with E-state index in [1.54, 1.807) is 0 Å². The number of morpholine rings is 1. The predicted octanol–water partition coefficient (Wildman–Crippen LogP) is 0.530. The van der Waals surface area contributed by atoms with Crippen molar-refractivity contribution in [1.29, 1.82) is 0 Å². The first-order valence-electron chi connectivity index (χ1n) is 5.25. The van der Waals surface area contributed by atoms with Gasteiger partial charge in [-0.1, -0.05) is 0 Å². The van der Waals surface area contributed by atoms with E-state index in [1.165, 1.54) is 6.26 Å². The Bertz CT molecular complexity index is 311. The van der Waals surface area contributed by atoms with Gasteiger partial charge in [-0.25, -0.2) is 8.42 Å². The summed E-state index contributed by atoms with van der Waals surface area (Å²) in [4.78, 5) is 2.19. The van der Waals surface area contributed by atoms with Crippen molar-refractivity contribution < 1.29 is 13.2 Å². The van der Waals surface area contributed by atoms with Gasteiger partial charge in [0.1, 0.15) is 9.84 Å². The second kappa shape index (κ2) is 4.39. The summed E-state index contributed by atoms with van der Waals surface area (Å²) in [6.45, 7) is 8.33. The Hall–Kier alpha value is -0.130. The predicted molar refractivity (Wildman–Crippen MR) is 60.8 cm³/mol. The molecule has 1 atom stereocenters. The molecule has 0 saturated carbocycles. The van der Waals surface area contributed by atoms with Crippen LogP contribution in [0.2, 0.25) is 0 Å². The summed E-state index contributed by atoms with van der Waals surface area (Å²) < 4.78 is 28.0. The molecule has 0 spiro atoms. The molecule has 0 radical (unpaired) electrons. The molecule has 0 N–H and O–H groups in total. The van der Waals surface area contributed by atoms with E-state index in [4.69, 9.17) is 4.74 Å². The molecule has 0 aliphatic carbocycles. The lowest BCUT2D eigenvalue weighted by Gasteiger charge is -2.41. The van der Waals surface area contributed by atoms with Crippen LogP contribution in [0.25, 0.3) is 0 Å². The van der Waals surface area contributed by atoms with Crippen LogP contribution in [0, 0.1) is 0 Å². The summed E-state index contributed by atoms with van der Waals surface area (Å²) in [7, 11) is -2.89. The molecule has 0 aromatic rings. The molecule has 5 heteroatoms. The minimum atomic E-state index is -2.89. The molecule has 0 aromatic heterocycles. The quantitative estimate of drug-likeness (QED) is 0.716. The second-order valence-electron chi connectivity index (χ2n) is 5.02. The highest BCUT2D eigenvalue weighted by molar-refractivity contribution is 7.90. The molecular weight excluding hydrogens is 214 g/mol. The Labute approximate surface area is 92.5 Å². The number of sulfone groups is 1. The van der Waals surface area contributed by atoms with Gasteiger partial charge in [0.25, 0.3) is 0 Å². The molecule has 0 bridgehead atoms. The fourth-order valence-electron chi connectivity index (χ4n) is 1.97. The van der Waals surface area contributed by atoms with Gasteiger partial charge in [0.15, 0.2) is 0 Å². The topological polar surface area (TPSA) is 46.6 Å². The molecule has 0 aromatic carbocycles. The third-order valence-electron chi connectivity index (χ3n) is 2.62. The summed E-state index contributed by atoms with van der Waals surface area (Å²) in [6, 6.07) is 0.0724. The van der Waals surface area contributed by atoms with E-state index < -0.39 is 9.84 Å². The molecule has 1 fully saturated rings. The molecule has 0 amide bonds. The van der Waals surface area contributed by atoms with Crippen molar-refractivity contribution in [2.75, 3.05) is 31.7 Å². The summed E-state index contributed by atoms with van der Waals surface area (Å²) in [6.07, 6.45) is 1.29. The Morgan fingerprint density at radius 2 is 2.07 bits per heavy atom. The van der Waals surface area contributed by atoms with Crippen LogP contribution in [0.15, 0.2) is 0 Å². The molecule has 1 heterocycles. The summed E-state index contributed by atoms with van der Waals surface area (Å²) in [5, 5.41) is 0. The first-order valence-corrected chi connectivity index (χ1v) is 7.31. The summed E-state index contributed by atoms with van der Waals surface area (Å²) in [5.74, 6) is 0.225. The second-order valence-corrected chi connectivity index (χ2v) is 7.20.